The second-order valence-electron chi connectivity index (χ2n) is 7.22. The first-order chi connectivity index (χ1) is 15.5. The van der Waals surface area contributed by atoms with Gasteiger partial charge in [-0.2, -0.15) is 5.10 Å². The summed E-state index contributed by atoms with van der Waals surface area (Å²) in [7, 11) is 1.84. The van der Waals surface area contributed by atoms with Crippen molar-refractivity contribution < 1.29 is 15.0 Å². The minimum atomic E-state index is -1.20. The number of aliphatic hydroxyl groups is 1. The molecule has 7 nitrogen and oxygen atoms in total. The summed E-state index contributed by atoms with van der Waals surface area (Å²) in [6, 6.07) is 20.0. The zero-order chi connectivity index (χ0) is 22.7. The molecule has 0 saturated carbocycles. The highest BCUT2D eigenvalue weighted by molar-refractivity contribution is 6.36. The molecule has 4 rings (SSSR count). The van der Waals surface area contributed by atoms with Crippen molar-refractivity contribution in [2.75, 3.05) is 11.9 Å². The second-order valence-corrected chi connectivity index (χ2v) is 7.60. The normalized spacial score (nSPS) is 12.3. The van der Waals surface area contributed by atoms with Gasteiger partial charge < -0.3 is 15.5 Å². The Kier molecular flexibility index (Phi) is 6.20. The zero-order valence-corrected chi connectivity index (χ0v) is 18.0. The quantitative estimate of drug-likeness (QED) is 0.361. The van der Waals surface area contributed by atoms with E-state index in [1.54, 1.807) is 4.68 Å². The first-order valence-electron chi connectivity index (χ1n) is 9.92. The summed E-state index contributed by atoms with van der Waals surface area (Å²) in [5, 5.41) is 27.5. The van der Waals surface area contributed by atoms with Crippen LogP contribution in [0, 0.1) is 0 Å². The van der Waals surface area contributed by atoms with E-state index in [2.05, 4.69) is 15.4 Å². The Labute approximate surface area is 189 Å². The van der Waals surface area contributed by atoms with Crippen molar-refractivity contribution in [3.8, 4) is 11.1 Å². The number of fused-ring (bicyclic) bond motifs is 1. The molecule has 0 aliphatic rings. The van der Waals surface area contributed by atoms with E-state index >= 15 is 0 Å². The van der Waals surface area contributed by atoms with Gasteiger partial charge in [-0.1, -0.05) is 60.1 Å². The van der Waals surface area contributed by atoms with Crippen LogP contribution in [0.2, 0.25) is 5.02 Å². The van der Waals surface area contributed by atoms with Crippen LogP contribution in [-0.4, -0.2) is 44.8 Å². The fourth-order valence-corrected chi connectivity index (χ4v) is 3.70. The van der Waals surface area contributed by atoms with E-state index < -0.39 is 18.6 Å². The molecule has 3 aromatic carbocycles. The zero-order valence-electron chi connectivity index (χ0n) is 17.2. The smallest absolute Gasteiger partial charge is 0.330 e. The molecule has 162 valence electrons. The molecular formula is C24H21ClN4O3. The Balaban J connectivity index is 1.70. The van der Waals surface area contributed by atoms with E-state index in [-0.39, 0.29) is 0 Å². The Bertz CT molecular complexity index is 1300. The molecule has 0 saturated heterocycles. The van der Waals surface area contributed by atoms with Gasteiger partial charge in [0, 0.05) is 24.2 Å². The van der Waals surface area contributed by atoms with E-state index in [1.807, 2.05) is 73.8 Å². The van der Waals surface area contributed by atoms with E-state index in [9.17, 15) is 4.79 Å². The molecule has 1 heterocycles. The summed E-state index contributed by atoms with van der Waals surface area (Å²) in [6.07, 6.45) is 1.44. The number of aliphatic carboxylic acids is 1. The highest BCUT2D eigenvalue weighted by atomic mass is 35.5. The maximum absolute atomic E-state index is 11.1. The molecule has 1 aromatic heterocycles. The van der Waals surface area contributed by atoms with Crippen molar-refractivity contribution in [1.82, 2.24) is 9.78 Å². The van der Waals surface area contributed by atoms with Crippen molar-refractivity contribution in [1.29, 1.82) is 0 Å². The summed E-state index contributed by atoms with van der Waals surface area (Å²) in [5.74, 6) is -0.566. The third-order valence-corrected chi connectivity index (χ3v) is 5.48. The largest absolute Gasteiger partial charge is 0.480 e. The predicted octanol–water partition coefficient (Wildman–Crippen LogP) is 4.50. The fourth-order valence-electron chi connectivity index (χ4n) is 3.42. The van der Waals surface area contributed by atoms with E-state index in [1.165, 1.54) is 6.21 Å². The number of nitrogens with zero attached hydrogens (tertiary/aromatic N) is 3. The molecule has 32 heavy (non-hydrogen) atoms. The fraction of sp³-hybridized carbons (Fsp3) is 0.125. The Morgan fingerprint density at radius 3 is 2.69 bits per heavy atom. The Hall–Kier alpha value is -3.68. The molecule has 1 atom stereocenters. The highest BCUT2D eigenvalue weighted by Crippen LogP contribution is 2.36. The predicted molar refractivity (Wildman–Crippen MR) is 127 cm³/mol. The van der Waals surface area contributed by atoms with Crippen LogP contribution < -0.4 is 5.32 Å². The highest BCUT2D eigenvalue weighted by Gasteiger charge is 2.15. The van der Waals surface area contributed by atoms with E-state index in [0.29, 0.717) is 16.4 Å². The number of aliphatic imine (C=N–C) groups is 1. The van der Waals surface area contributed by atoms with Gasteiger partial charge in [0.1, 0.15) is 0 Å². The Morgan fingerprint density at radius 2 is 1.97 bits per heavy atom. The van der Waals surface area contributed by atoms with Crippen LogP contribution in [0.25, 0.3) is 22.0 Å². The number of aromatic nitrogens is 2. The van der Waals surface area contributed by atoms with Gasteiger partial charge in [0.2, 0.25) is 0 Å². The van der Waals surface area contributed by atoms with Crippen LogP contribution in [0.15, 0.2) is 71.7 Å². The maximum atomic E-state index is 11.1. The molecule has 0 bridgehead atoms. The molecule has 0 aliphatic heterocycles. The number of carbonyl (C=O) groups is 1. The lowest BCUT2D eigenvalue weighted by molar-refractivity contribution is -0.139. The van der Waals surface area contributed by atoms with Crippen LogP contribution in [0.4, 0.5) is 11.5 Å². The first kappa shape index (κ1) is 21.5. The number of hydrogen-bond donors (Lipinski definition) is 3. The average Bonchev–Trinajstić information content (AvgIpc) is 3.10. The van der Waals surface area contributed by atoms with Crippen LogP contribution >= 0.6 is 11.6 Å². The molecule has 4 aromatic rings. The van der Waals surface area contributed by atoms with Crippen molar-refractivity contribution >= 4 is 46.2 Å². The Morgan fingerprint density at radius 1 is 1.19 bits per heavy atom. The van der Waals surface area contributed by atoms with Crippen LogP contribution in [-0.2, 0) is 11.8 Å². The molecule has 3 N–H and O–H groups in total. The molecule has 0 fully saturated rings. The topological polar surface area (TPSA) is 99.7 Å². The summed E-state index contributed by atoms with van der Waals surface area (Å²) in [5.41, 5.74) is 4.23. The van der Waals surface area contributed by atoms with Crippen LogP contribution in [0.1, 0.15) is 5.56 Å². The lowest BCUT2D eigenvalue weighted by Gasteiger charge is -2.11. The lowest BCUT2D eigenvalue weighted by Crippen LogP contribution is -2.22. The molecule has 0 unspecified atom stereocenters. The summed E-state index contributed by atoms with van der Waals surface area (Å²) >= 11 is 6.72. The molecule has 8 heteroatoms. The number of aliphatic hydroxyl groups excluding tert-OH is 1. The molecule has 0 spiro atoms. The maximum Gasteiger partial charge on any atom is 0.330 e. The average molecular weight is 449 g/mol. The van der Waals surface area contributed by atoms with Gasteiger partial charge in [0.05, 0.1) is 22.8 Å². The number of rotatable bonds is 7. The molecule has 0 amide bonds. The van der Waals surface area contributed by atoms with E-state index in [4.69, 9.17) is 21.8 Å². The van der Waals surface area contributed by atoms with Gasteiger partial charge in [0.15, 0.2) is 11.9 Å². The van der Waals surface area contributed by atoms with Crippen LogP contribution in [0.5, 0.6) is 0 Å². The minimum Gasteiger partial charge on any atom is -0.480 e. The van der Waals surface area contributed by atoms with Crippen molar-refractivity contribution in [2.24, 2.45) is 12.0 Å². The third-order valence-electron chi connectivity index (χ3n) is 5.07. The number of anilines is 2. The van der Waals surface area contributed by atoms with E-state index in [0.717, 1.165) is 27.7 Å². The van der Waals surface area contributed by atoms with Gasteiger partial charge in [0.25, 0.3) is 0 Å². The van der Waals surface area contributed by atoms with Crippen molar-refractivity contribution in [3.63, 3.8) is 0 Å². The number of aryl methyl sites for hydroxylation is 1. The van der Waals surface area contributed by atoms with Crippen molar-refractivity contribution in [3.05, 3.63) is 77.3 Å². The number of hydrogen-bond acceptors (Lipinski definition) is 5. The number of nitrogens with one attached hydrogen (secondary N) is 1. The van der Waals surface area contributed by atoms with Crippen molar-refractivity contribution in [2.45, 2.75) is 6.04 Å². The van der Waals surface area contributed by atoms with Gasteiger partial charge >= 0.3 is 5.97 Å². The summed E-state index contributed by atoms with van der Waals surface area (Å²) in [6.45, 7) is -0.565. The standard InChI is InChI=1S/C24H21ClN4O3/c1-29-21-11-10-15(13-26-20(14-30)24(31)32)12-18(21)23(28-29)27-19-9-5-8-17(22(19)25)16-6-3-2-4-7-16/h2-13,20,30H,14H2,1H3,(H,27,28)(H,31,32)/t20-/m1/s1. The SMILES string of the molecule is Cn1nc(Nc2cccc(-c3ccccc3)c2Cl)c2cc(C=N[C@H](CO)C(=O)O)ccc21. The van der Waals surface area contributed by atoms with Gasteiger partial charge in [-0.3, -0.25) is 9.67 Å². The van der Waals surface area contributed by atoms with Gasteiger partial charge in [-0.15, -0.1) is 0 Å². The van der Waals surface area contributed by atoms with Gasteiger partial charge in [-0.25, -0.2) is 4.79 Å². The van der Waals surface area contributed by atoms with Gasteiger partial charge in [-0.05, 0) is 29.3 Å². The third kappa shape index (κ3) is 4.34. The minimum absolute atomic E-state index is 0.565. The van der Waals surface area contributed by atoms with Crippen LogP contribution in [0.3, 0.4) is 0 Å². The summed E-state index contributed by atoms with van der Waals surface area (Å²) in [4.78, 5) is 15.0. The number of halogens is 1. The molecule has 0 radical (unpaired) electrons. The lowest BCUT2D eigenvalue weighted by atomic mass is 10.0. The monoisotopic (exact) mass is 448 g/mol. The first-order valence-corrected chi connectivity index (χ1v) is 10.3. The number of carboxylic acid groups (broad SMARTS) is 1. The number of carboxylic acids is 1. The number of benzene rings is 3. The molecular weight excluding hydrogens is 428 g/mol. The summed E-state index contributed by atoms with van der Waals surface area (Å²) < 4.78 is 1.75. The molecule has 0 aliphatic carbocycles. The second kappa shape index (κ2) is 9.21.